The summed E-state index contributed by atoms with van der Waals surface area (Å²) in [5.74, 6) is -0.236. The van der Waals surface area contributed by atoms with Gasteiger partial charge in [0.25, 0.3) is 5.91 Å². The number of thiazole rings is 1. The second kappa shape index (κ2) is 8.61. The molecule has 1 saturated heterocycles. The van der Waals surface area contributed by atoms with E-state index in [1.165, 1.54) is 29.0 Å². The van der Waals surface area contributed by atoms with Crippen molar-refractivity contribution in [1.29, 1.82) is 0 Å². The van der Waals surface area contributed by atoms with Crippen molar-refractivity contribution in [2.75, 3.05) is 32.7 Å². The third-order valence-corrected chi connectivity index (χ3v) is 6.63. The van der Waals surface area contributed by atoms with Gasteiger partial charge in [-0.05, 0) is 36.2 Å². The number of rotatable bonds is 5. The van der Waals surface area contributed by atoms with Gasteiger partial charge in [-0.2, -0.15) is 0 Å². The molecule has 1 aliphatic heterocycles. The van der Waals surface area contributed by atoms with Crippen molar-refractivity contribution in [1.82, 2.24) is 19.2 Å². The lowest BCUT2D eigenvalue weighted by Crippen LogP contribution is -2.49. The van der Waals surface area contributed by atoms with E-state index in [0.717, 1.165) is 55.4 Å². The van der Waals surface area contributed by atoms with Crippen LogP contribution in [0.25, 0.3) is 16.2 Å². The summed E-state index contributed by atoms with van der Waals surface area (Å²) in [7, 11) is 0. The molecule has 0 spiro atoms. The first-order valence-electron chi connectivity index (χ1n) is 10.5. The van der Waals surface area contributed by atoms with Crippen molar-refractivity contribution in [3.63, 3.8) is 0 Å². The molecule has 0 radical (unpaired) electrons. The van der Waals surface area contributed by atoms with Gasteiger partial charge >= 0.3 is 0 Å². The number of piperazine rings is 1. The van der Waals surface area contributed by atoms with Gasteiger partial charge in [0.1, 0.15) is 11.5 Å². The van der Waals surface area contributed by atoms with E-state index in [2.05, 4.69) is 34.1 Å². The zero-order chi connectivity index (χ0) is 21.2. The van der Waals surface area contributed by atoms with Crippen LogP contribution in [0, 0.1) is 5.82 Å². The molecule has 2 aromatic carbocycles. The van der Waals surface area contributed by atoms with Crippen molar-refractivity contribution in [3.8, 4) is 11.3 Å². The SMILES string of the molecule is O=C(c1csc2nc(-c3ccc(F)cc3)cn12)N1CCN(CCc2ccccc2)CC1. The van der Waals surface area contributed by atoms with Gasteiger partial charge in [0.05, 0.1) is 5.69 Å². The van der Waals surface area contributed by atoms with Gasteiger partial charge in [-0.15, -0.1) is 11.3 Å². The summed E-state index contributed by atoms with van der Waals surface area (Å²) in [5.41, 5.74) is 3.56. The molecule has 4 aromatic rings. The highest BCUT2D eigenvalue weighted by molar-refractivity contribution is 7.15. The zero-order valence-corrected chi connectivity index (χ0v) is 17.9. The molecule has 0 saturated carbocycles. The standard InChI is InChI=1S/C24H23FN4OS/c25-20-8-6-19(7-9-20)21-16-29-22(17-31-24(29)26-21)23(30)28-14-12-27(13-15-28)11-10-18-4-2-1-3-5-18/h1-9,16-17H,10-15H2. The maximum absolute atomic E-state index is 13.2. The molecule has 0 unspecified atom stereocenters. The van der Waals surface area contributed by atoms with Crippen LogP contribution in [0.3, 0.4) is 0 Å². The summed E-state index contributed by atoms with van der Waals surface area (Å²) in [6, 6.07) is 16.8. The van der Waals surface area contributed by atoms with E-state index >= 15 is 0 Å². The van der Waals surface area contributed by atoms with Crippen molar-refractivity contribution < 1.29 is 9.18 Å². The number of fused-ring (bicyclic) bond motifs is 1. The summed E-state index contributed by atoms with van der Waals surface area (Å²) in [4.78, 5) is 22.9. The molecule has 158 valence electrons. The molecule has 2 aromatic heterocycles. The Balaban J connectivity index is 1.24. The fourth-order valence-electron chi connectivity index (χ4n) is 3.97. The van der Waals surface area contributed by atoms with Crippen molar-refractivity contribution in [3.05, 3.63) is 83.2 Å². The third kappa shape index (κ3) is 4.24. The number of nitrogens with zero attached hydrogens (tertiary/aromatic N) is 4. The minimum atomic E-state index is -0.274. The average Bonchev–Trinajstić information content (AvgIpc) is 3.40. The molecule has 0 atom stereocenters. The van der Waals surface area contributed by atoms with E-state index in [0.29, 0.717) is 5.69 Å². The summed E-state index contributed by atoms with van der Waals surface area (Å²) in [6.45, 7) is 4.24. The Morgan fingerprint density at radius 1 is 1.00 bits per heavy atom. The topological polar surface area (TPSA) is 40.9 Å². The minimum absolute atomic E-state index is 0.0389. The van der Waals surface area contributed by atoms with Crippen LogP contribution >= 0.6 is 11.3 Å². The number of imidazole rings is 1. The highest BCUT2D eigenvalue weighted by Crippen LogP contribution is 2.25. The van der Waals surface area contributed by atoms with Crippen molar-refractivity contribution >= 4 is 22.2 Å². The van der Waals surface area contributed by atoms with Crippen molar-refractivity contribution in [2.45, 2.75) is 6.42 Å². The monoisotopic (exact) mass is 434 g/mol. The van der Waals surface area contributed by atoms with Crippen LogP contribution in [0.2, 0.25) is 0 Å². The molecule has 1 amide bonds. The Kier molecular flexibility index (Phi) is 5.53. The first-order chi connectivity index (χ1) is 15.2. The lowest BCUT2D eigenvalue weighted by atomic mass is 10.1. The Morgan fingerprint density at radius 2 is 1.74 bits per heavy atom. The van der Waals surface area contributed by atoms with Crippen LogP contribution in [0.5, 0.6) is 0 Å². The summed E-state index contributed by atoms with van der Waals surface area (Å²) < 4.78 is 15.1. The molecule has 31 heavy (non-hydrogen) atoms. The van der Waals surface area contributed by atoms with E-state index in [9.17, 15) is 9.18 Å². The number of hydrogen-bond donors (Lipinski definition) is 0. The van der Waals surface area contributed by atoms with E-state index in [1.54, 1.807) is 12.1 Å². The Morgan fingerprint density at radius 3 is 2.48 bits per heavy atom. The lowest BCUT2D eigenvalue weighted by Gasteiger charge is -2.34. The molecule has 3 heterocycles. The average molecular weight is 435 g/mol. The minimum Gasteiger partial charge on any atom is -0.335 e. The number of halogens is 1. The van der Waals surface area contributed by atoms with Crippen LogP contribution in [-0.4, -0.2) is 57.8 Å². The third-order valence-electron chi connectivity index (χ3n) is 5.79. The zero-order valence-electron chi connectivity index (χ0n) is 17.1. The molecule has 0 N–H and O–H groups in total. The predicted octanol–water partition coefficient (Wildman–Crippen LogP) is 4.20. The molecule has 7 heteroatoms. The Labute approximate surface area is 184 Å². The fourth-order valence-corrected chi connectivity index (χ4v) is 4.81. The molecule has 0 bridgehead atoms. The van der Waals surface area contributed by atoms with Crippen LogP contribution in [0.15, 0.2) is 66.2 Å². The van der Waals surface area contributed by atoms with Crippen molar-refractivity contribution in [2.24, 2.45) is 0 Å². The number of carbonyl (C=O) groups is 1. The van der Waals surface area contributed by atoms with Gasteiger partial charge in [0.15, 0.2) is 4.96 Å². The summed E-state index contributed by atoms with van der Waals surface area (Å²) >= 11 is 1.45. The van der Waals surface area contributed by atoms with Gasteiger partial charge in [0.2, 0.25) is 0 Å². The van der Waals surface area contributed by atoms with Gasteiger partial charge in [-0.1, -0.05) is 30.3 Å². The van der Waals surface area contributed by atoms with E-state index in [1.807, 2.05) is 26.9 Å². The van der Waals surface area contributed by atoms with E-state index in [4.69, 9.17) is 0 Å². The number of hydrogen-bond acceptors (Lipinski definition) is 4. The van der Waals surface area contributed by atoms with Gasteiger partial charge in [-0.3, -0.25) is 14.1 Å². The molecule has 0 aliphatic carbocycles. The Hall–Kier alpha value is -3.03. The number of carbonyl (C=O) groups excluding carboxylic acids is 1. The number of amides is 1. The summed E-state index contributed by atoms with van der Waals surface area (Å²) in [6.07, 6.45) is 2.89. The quantitative estimate of drug-likeness (QED) is 0.473. The van der Waals surface area contributed by atoms with E-state index < -0.39 is 0 Å². The van der Waals surface area contributed by atoms with Crippen LogP contribution in [0.1, 0.15) is 16.1 Å². The predicted molar refractivity (Wildman–Crippen MR) is 121 cm³/mol. The molecule has 5 nitrogen and oxygen atoms in total. The van der Waals surface area contributed by atoms with E-state index in [-0.39, 0.29) is 11.7 Å². The maximum atomic E-state index is 13.2. The smallest absolute Gasteiger partial charge is 0.271 e. The normalized spacial score (nSPS) is 14.9. The first-order valence-corrected chi connectivity index (χ1v) is 11.3. The Bertz CT molecular complexity index is 1180. The largest absolute Gasteiger partial charge is 0.335 e. The number of aromatic nitrogens is 2. The van der Waals surface area contributed by atoms with Crippen LogP contribution in [-0.2, 0) is 6.42 Å². The lowest BCUT2D eigenvalue weighted by molar-refractivity contribution is 0.0632. The fraction of sp³-hybridized carbons (Fsp3) is 0.250. The molecule has 5 rings (SSSR count). The second-order valence-corrected chi connectivity index (χ2v) is 8.61. The number of benzene rings is 2. The highest BCUT2D eigenvalue weighted by atomic mass is 32.1. The second-order valence-electron chi connectivity index (χ2n) is 7.78. The maximum Gasteiger partial charge on any atom is 0.271 e. The molecular weight excluding hydrogens is 411 g/mol. The first kappa shape index (κ1) is 19.9. The molecular formula is C24H23FN4OS. The van der Waals surface area contributed by atoms with Crippen LogP contribution in [0.4, 0.5) is 4.39 Å². The highest BCUT2D eigenvalue weighted by Gasteiger charge is 2.25. The van der Waals surface area contributed by atoms with Gasteiger partial charge < -0.3 is 4.90 Å². The molecule has 1 aliphatic rings. The molecule has 1 fully saturated rings. The summed E-state index contributed by atoms with van der Waals surface area (Å²) in [5, 5.41) is 1.88. The van der Waals surface area contributed by atoms with Crippen LogP contribution < -0.4 is 0 Å². The van der Waals surface area contributed by atoms with Gasteiger partial charge in [0, 0.05) is 49.9 Å². The van der Waals surface area contributed by atoms with Gasteiger partial charge in [-0.25, -0.2) is 9.37 Å².